The molecule has 26 heavy (non-hydrogen) atoms. The molecule has 140 valence electrons. The Bertz CT molecular complexity index is 695. The highest BCUT2D eigenvalue weighted by molar-refractivity contribution is 5.79. The molecular weight excluding hydrogens is 330 g/mol. The second kappa shape index (κ2) is 8.94. The second-order valence-corrected chi connectivity index (χ2v) is 7.19. The number of oxazole rings is 1. The number of hydrogen-bond donors (Lipinski definition) is 2. The number of pyridine rings is 1. The van der Waals surface area contributed by atoms with Crippen molar-refractivity contribution < 1.29 is 14.3 Å². The molecule has 6 nitrogen and oxygen atoms in total. The maximum atomic E-state index is 11.6. The summed E-state index contributed by atoms with van der Waals surface area (Å²) in [7, 11) is 0. The van der Waals surface area contributed by atoms with Crippen LogP contribution in [0, 0.1) is 5.92 Å². The SMILES string of the molecule is NC(=O)C(O)[C@@H](CCCC1CCCCC1)c1ncc(-c2ccncc2)o1. The Balaban J connectivity index is 1.67. The smallest absolute Gasteiger partial charge is 0.247 e. The van der Waals surface area contributed by atoms with Crippen LogP contribution in [0.25, 0.3) is 11.3 Å². The molecule has 0 radical (unpaired) electrons. The van der Waals surface area contributed by atoms with E-state index in [-0.39, 0.29) is 0 Å². The fourth-order valence-corrected chi connectivity index (χ4v) is 3.83. The molecule has 0 aliphatic heterocycles. The van der Waals surface area contributed by atoms with E-state index in [9.17, 15) is 9.90 Å². The molecule has 2 heterocycles. The predicted molar refractivity (Wildman–Crippen MR) is 98.1 cm³/mol. The number of hydrogen-bond acceptors (Lipinski definition) is 5. The lowest BCUT2D eigenvalue weighted by molar-refractivity contribution is -0.127. The summed E-state index contributed by atoms with van der Waals surface area (Å²) >= 11 is 0. The highest BCUT2D eigenvalue weighted by Gasteiger charge is 2.30. The van der Waals surface area contributed by atoms with Crippen LogP contribution in [-0.4, -0.2) is 27.1 Å². The number of aromatic nitrogens is 2. The minimum atomic E-state index is -1.29. The normalized spacial score (nSPS) is 17.7. The maximum absolute atomic E-state index is 11.6. The van der Waals surface area contributed by atoms with E-state index in [4.69, 9.17) is 10.2 Å². The second-order valence-electron chi connectivity index (χ2n) is 7.19. The van der Waals surface area contributed by atoms with Crippen LogP contribution < -0.4 is 5.73 Å². The number of nitrogens with zero attached hydrogens (tertiary/aromatic N) is 2. The molecule has 2 atom stereocenters. The van der Waals surface area contributed by atoms with Crippen LogP contribution in [0.5, 0.6) is 0 Å². The Kier molecular flexibility index (Phi) is 6.39. The zero-order chi connectivity index (χ0) is 18.4. The van der Waals surface area contributed by atoms with E-state index in [0.29, 0.717) is 18.1 Å². The van der Waals surface area contributed by atoms with E-state index >= 15 is 0 Å². The minimum absolute atomic E-state index is 0.367. The van der Waals surface area contributed by atoms with Crippen LogP contribution in [0.15, 0.2) is 35.1 Å². The maximum Gasteiger partial charge on any atom is 0.247 e. The van der Waals surface area contributed by atoms with Crippen LogP contribution in [0.1, 0.15) is 63.2 Å². The summed E-state index contributed by atoms with van der Waals surface area (Å²) in [5, 5.41) is 10.3. The van der Waals surface area contributed by atoms with E-state index in [0.717, 1.165) is 24.3 Å². The first kappa shape index (κ1) is 18.6. The van der Waals surface area contributed by atoms with Crippen molar-refractivity contribution in [2.24, 2.45) is 11.7 Å². The zero-order valence-corrected chi connectivity index (χ0v) is 15.0. The number of amides is 1. The number of aliphatic hydroxyl groups is 1. The van der Waals surface area contributed by atoms with Crippen molar-refractivity contribution in [3.05, 3.63) is 36.6 Å². The molecule has 1 saturated carbocycles. The van der Waals surface area contributed by atoms with Gasteiger partial charge < -0.3 is 15.3 Å². The lowest BCUT2D eigenvalue weighted by Gasteiger charge is -2.23. The zero-order valence-electron chi connectivity index (χ0n) is 15.0. The molecular formula is C20H27N3O3. The molecule has 0 spiro atoms. The molecule has 1 aliphatic carbocycles. The summed E-state index contributed by atoms with van der Waals surface area (Å²) in [4.78, 5) is 19.8. The summed E-state index contributed by atoms with van der Waals surface area (Å²) in [5.74, 6) is 0.471. The highest BCUT2D eigenvalue weighted by Crippen LogP contribution is 2.32. The molecule has 3 N–H and O–H groups in total. The molecule has 1 aliphatic rings. The van der Waals surface area contributed by atoms with Crippen molar-refractivity contribution >= 4 is 5.91 Å². The summed E-state index contributed by atoms with van der Waals surface area (Å²) in [6, 6.07) is 3.65. The molecule has 6 heteroatoms. The first-order chi connectivity index (χ1) is 12.6. The van der Waals surface area contributed by atoms with Crippen molar-refractivity contribution in [3.63, 3.8) is 0 Å². The highest BCUT2D eigenvalue weighted by atomic mass is 16.4. The quantitative estimate of drug-likeness (QED) is 0.753. The van der Waals surface area contributed by atoms with Gasteiger partial charge in [0.2, 0.25) is 11.8 Å². The predicted octanol–water partition coefficient (Wildman–Crippen LogP) is 3.42. The van der Waals surface area contributed by atoms with Gasteiger partial charge in [0.05, 0.1) is 12.1 Å². The molecule has 1 amide bonds. The summed E-state index contributed by atoms with van der Waals surface area (Å²) < 4.78 is 5.84. The van der Waals surface area contributed by atoms with Gasteiger partial charge in [-0.15, -0.1) is 0 Å². The number of primary amides is 1. The Morgan fingerprint density at radius 2 is 2.00 bits per heavy atom. The van der Waals surface area contributed by atoms with E-state index in [1.165, 1.54) is 32.1 Å². The van der Waals surface area contributed by atoms with Crippen molar-refractivity contribution in [3.8, 4) is 11.3 Å². The van der Waals surface area contributed by atoms with Crippen LogP contribution in [0.4, 0.5) is 0 Å². The van der Waals surface area contributed by atoms with Gasteiger partial charge in [-0.05, 0) is 24.5 Å². The van der Waals surface area contributed by atoms with Gasteiger partial charge in [-0.25, -0.2) is 4.98 Å². The fourth-order valence-electron chi connectivity index (χ4n) is 3.83. The van der Waals surface area contributed by atoms with Gasteiger partial charge in [0, 0.05) is 18.0 Å². The third kappa shape index (κ3) is 4.69. The number of nitrogens with two attached hydrogens (primary N) is 1. The van der Waals surface area contributed by atoms with Crippen molar-refractivity contribution in [2.75, 3.05) is 0 Å². The Morgan fingerprint density at radius 3 is 2.69 bits per heavy atom. The van der Waals surface area contributed by atoms with Gasteiger partial charge in [0.1, 0.15) is 6.10 Å². The van der Waals surface area contributed by atoms with Crippen LogP contribution in [0.2, 0.25) is 0 Å². The average molecular weight is 357 g/mol. The van der Waals surface area contributed by atoms with E-state index in [1.54, 1.807) is 18.6 Å². The molecule has 0 saturated heterocycles. The van der Waals surface area contributed by atoms with Crippen molar-refractivity contribution in [1.82, 2.24) is 9.97 Å². The largest absolute Gasteiger partial charge is 0.440 e. The first-order valence-electron chi connectivity index (χ1n) is 9.48. The molecule has 3 rings (SSSR count). The van der Waals surface area contributed by atoms with Crippen molar-refractivity contribution in [1.29, 1.82) is 0 Å². The Morgan fingerprint density at radius 1 is 1.27 bits per heavy atom. The summed E-state index contributed by atoms with van der Waals surface area (Å²) in [6.07, 6.45) is 12.9. The molecule has 1 unspecified atom stereocenters. The Labute approximate surface area is 153 Å². The fraction of sp³-hybridized carbons (Fsp3) is 0.550. The molecule has 1 fully saturated rings. The third-order valence-corrected chi connectivity index (χ3v) is 5.33. The molecule has 2 aromatic rings. The number of carbonyl (C=O) groups excluding carboxylic acids is 1. The van der Waals surface area contributed by atoms with Crippen LogP contribution in [-0.2, 0) is 4.79 Å². The monoisotopic (exact) mass is 357 g/mol. The standard InChI is InChI=1S/C20H27N3O3/c21-19(25)18(24)16(8-4-7-14-5-2-1-3-6-14)20-23-13-17(26-20)15-9-11-22-12-10-15/h9-14,16,18,24H,1-8H2,(H2,21,25)/t16-,18?/m1/s1. The Hall–Kier alpha value is -2.21. The van der Waals surface area contributed by atoms with E-state index in [1.807, 2.05) is 12.1 Å². The van der Waals surface area contributed by atoms with Crippen LogP contribution >= 0.6 is 0 Å². The number of rotatable bonds is 8. The number of carbonyl (C=O) groups is 1. The van der Waals surface area contributed by atoms with Gasteiger partial charge in [-0.2, -0.15) is 0 Å². The molecule has 2 aromatic heterocycles. The van der Waals surface area contributed by atoms with Crippen molar-refractivity contribution in [2.45, 2.75) is 63.4 Å². The summed E-state index contributed by atoms with van der Waals surface area (Å²) in [6.45, 7) is 0. The first-order valence-corrected chi connectivity index (χ1v) is 9.48. The van der Waals surface area contributed by atoms with E-state index < -0.39 is 17.9 Å². The van der Waals surface area contributed by atoms with Gasteiger partial charge in [0.15, 0.2) is 5.76 Å². The average Bonchev–Trinajstić information content (AvgIpc) is 3.16. The van der Waals surface area contributed by atoms with Gasteiger partial charge in [0.25, 0.3) is 0 Å². The third-order valence-electron chi connectivity index (χ3n) is 5.33. The molecule has 0 bridgehead atoms. The lowest BCUT2D eigenvalue weighted by Crippen LogP contribution is -2.34. The van der Waals surface area contributed by atoms with E-state index in [2.05, 4.69) is 9.97 Å². The minimum Gasteiger partial charge on any atom is -0.440 e. The van der Waals surface area contributed by atoms with Gasteiger partial charge in [-0.1, -0.05) is 44.9 Å². The summed E-state index contributed by atoms with van der Waals surface area (Å²) in [5.41, 5.74) is 6.19. The van der Waals surface area contributed by atoms with Gasteiger partial charge in [-0.3, -0.25) is 9.78 Å². The van der Waals surface area contributed by atoms with Gasteiger partial charge >= 0.3 is 0 Å². The topological polar surface area (TPSA) is 102 Å². The molecule has 0 aromatic carbocycles. The number of aliphatic hydroxyl groups excluding tert-OH is 1. The lowest BCUT2D eigenvalue weighted by atomic mass is 9.84. The van der Waals surface area contributed by atoms with Crippen LogP contribution in [0.3, 0.4) is 0 Å².